The molecule has 4 aromatic rings. The maximum Gasteiger partial charge on any atom is 0.326 e. The fourth-order valence-electron chi connectivity index (χ4n) is 3.64. The molecule has 164 valence electrons. The van der Waals surface area contributed by atoms with Crippen LogP contribution in [0.15, 0.2) is 71.7 Å². The van der Waals surface area contributed by atoms with Crippen molar-refractivity contribution >= 4 is 22.8 Å². The van der Waals surface area contributed by atoms with Crippen LogP contribution in [-0.4, -0.2) is 33.5 Å². The number of carbonyl (C=O) groups excluding carboxylic acids is 1. The Kier molecular flexibility index (Phi) is 5.81. The molecule has 1 amide bonds. The van der Waals surface area contributed by atoms with E-state index in [1.807, 2.05) is 55.7 Å². The average molecular weight is 430 g/mol. The van der Waals surface area contributed by atoms with E-state index in [4.69, 9.17) is 0 Å². The number of nitrogens with one attached hydrogen (secondary N) is 2. The second kappa shape index (κ2) is 8.70. The predicted molar refractivity (Wildman–Crippen MR) is 127 cm³/mol. The fourth-order valence-corrected chi connectivity index (χ4v) is 3.64. The smallest absolute Gasteiger partial charge is 0.326 e. The van der Waals surface area contributed by atoms with Crippen molar-refractivity contribution in [1.82, 2.24) is 19.9 Å². The summed E-state index contributed by atoms with van der Waals surface area (Å²) in [6.07, 6.45) is 1.81. The van der Waals surface area contributed by atoms with Crippen LogP contribution in [0.4, 0.5) is 5.82 Å². The minimum absolute atomic E-state index is 0.211. The summed E-state index contributed by atoms with van der Waals surface area (Å²) >= 11 is 0. The van der Waals surface area contributed by atoms with Gasteiger partial charge < -0.3 is 15.2 Å². The van der Waals surface area contributed by atoms with Crippen LogP contribution in [0, 0.1) is 0 Å². The van der Waals surface area contributed by atoms with Gasteiger partial charge in [-0.25, -0.2) is 9.78 Å². The van der Waals surface area contributed by atoms with Gasteiger partial charge in [-0.15, -0.1) is 0 Å². The van der Waals surface area contributed by atoms with Gasteiger partial charge in [0.15, 0.2) is 0 Å². The summed E-state index contributed by atoms with van der Waals surface area (Å²) in [6, 6.07) is 19.0. The van der Waals surface area contributed by atoms with E-state index in [0.29, 0.717) is 17.1 Å². The Morgan fingerprint density at radius 1 is 1.06 bits per heavy atom. The number of amides is 1. The molecule has 2 aromatic carbocycles. The van der Waals surface area contributed by atoms with Crippen molar-refractivity contribution in [2.75, 3.05) is 11.9 Å². The molecule has 0 radical (unpaired) electrons. The molecule has 1 atom stereocenters. The number of hydrogen-bond acceptors (Lipinski definition) is 4. The third kappa shape index (κ3) is 4.14. The lowest BCUT2D eigenvalue weighted by Gasteiger charge is -2.24. The van der Waals surface area contributed by atoms with Crippen molar-refractivity contribution in [3.63, 3.8) is 0 Å². The van der Waals surface area contributed by atoms with Crippen LogP contribution in [-0.2, 0) is 7.05 Å². The first-order valence-electron chi connectivity index (χ1n) is 10.6. The Morgan fingerprint density at radius 3 is 2.47 bits per heavy atom. The first-order valence-corrected chi connectivity index (χ1v) is 10.6. The van der Waals surface area contributed by atoms with Gasteiger partial charge in [0, 0.05) is 31.9 Å². The molecule has 2 heterocycles. The quantitative estimate of drug-likeness (QED) is 0.490. The molecular weight excluding hydrogens is 402 g/mol. The van der Waals surface area contributed by atoms with E-state index < -0.39 is 0 Å². The van der Waals surface area contributed by atoms with Crippen molar-refractivity contribution in [3.8, 4) is 0 Å². The molecule has 0 bridgehead atoms. The zero-order valence-electron chi connectivity index (χ0n) is 18.7. The van der Waals surface area contributed by atoms with Crippen LogP contribution in [0.5, 0.6) is 0 Å². The molecule has 2 N–H and O–H groups in total. The van der Waals surface area contributed by atoms with E-state index in [1.165, 1.54) is 4.57 Å². The van der Waals surface area contributed by atoms with E-state index in [0.717, 1.165) is 22.5 Å². The van der Waals surface area contributed by atoms with Crippen molar-refractivity contribution in [1.29, 1.82) is 0 Å². The highest BCUT2D eigenvalue weighted by Crippen LogP contribution is 2.24. The normalized spacial score (nSPS) is 12.2. The summed E-state index contributed by atoms with van der Waals surface area (Å²) in [5.41, 5.74) is 3.49. The van der Waals surface area contributed by atoms with Crippen molar-refractivity contribution in [3.05, 3.63) is 94.0 Å². The standard InChI is InChI=1S/C25H27N5O2/c1-16(2)29(3)22-13-11-19(15-26-22)23(17-8-6-5-7-9-17)28-24(31)18-10-12-21-20(14-18)27-25(32)30(21)4/h5-16,23H,1-4H3,(H,27,32)(H,28,31). The molecule has 0 aliphatic carbocycles. The fraction of sp³-hybridized carbons (Fsp3) is 0.240. The molecular formula is C25H27N5O2. The van der Waals surface area contributed by atoms with Crippen molar-refractivity contribution < 1.29 is 4.79 Å². The van der Waals surface area contributed by atoms with Crippen molar-refractivity contribution in [2.24, 2.45) is 7.05 Å². The summed E-state index contributed by atoms with van der Waals surface area (Å²) in [5, 5.41) is 3.13. The largest absolute Gasteiger partial charge is 0.357 e. The molecule has 4 rings (SSSR count). The minimum atomic E-state index is -0.361. The highest BCUT2D eigenvalue weighted by atomic mass is 16.2. The number of aryl methyl sites for hydroxylation is 1. The highest BCUT2D eigenvalue weighted by Gasteiger charge is 2.19. The molecule has 0 aliphatic rings. The van der Waals surface area contributed by atoms with Crippen molar-refractivity contribution in [2.45, 2.75) is 25.9 Å². The van der Waals surface area contributed by atoms with Gasteiger partial charge >= 0.3 is 5.69 Å². The van der Waals surface area contributed by atoms with E-state index in [2.05, 4.69) is 34.0 Å². The summed E-state index contributed by atoms with van der Waals surface area (Å²) < 4.78 is 1.52. The molecule has 1 unspecified atom stereocenters. The minimum Gasteiger partial charge on any atom is -0.357 e. The van der Waals surface area contributed by atoms with Crippen LogP contribution in [0.1, 0.15) is 41.4 Å². The third-order valence-electron chi connectivity index (χ3n) is 5.81. The van der Waals surface area contributed by atoms with Gasteiger partial charge in [0.1, 0.15) is 5.82 Å². The SMILES string of the molecule is CC(C)N(C)c1ccc(C(NC(=O)c2ccc3c(c2)[nH]c(=O)n3C)c2ccccc2)cn1. The Morgan fingerprint density at radius 2 is 1.81 bits per heavy atom. The first-order chi connectivity index (χ1) is 15.3. The van der Waals surface area contributed by atoms with Crippen LogP contribution in [0.3, 0.4) is 0 Å². The predicted octanol–water partition coefficient (Wildman–Crippen LogP) is 3.63. The zero-order valence-corrected chi connectivity index (χ0v) is 18.7. The van der Waals surface area contributed by atoms with Gasteiger partial charge in [-0.2, -0.15) is 0 Å². The number of fused-ring (bicyclic) bond motifs is 1. The number of aromatic nitrogens is 3. The number of anilines is 1. The molecule has 32 heavy (non-hydrogen) atoms. The number of hydrogen-bond donors (Lipinski definition) is 2. The maximum absolute atomic E-state index is 13.2. The first kappa shape index (κ1) is 21.4. The lowest BCUT2D eigenvalue weighted by Crippen LogP contribution is -2.30. The molecule has 7 nitrogen and oxygen atoms in total. The molecule has 0 fully saturated rings. The average Bonchev–Trinajstić information content (AvgIpc) is 3.10. The van der Waals surface area contributed by atoms with Crippen LogP contribution >= 0.6 is 0 Å². The van der Waals surface area contributed by atoms with Gasteiger partial charge in [0.2, 0.25) is 0 Å². The maximum atomic E-state index is 13.2. The topological polar surface area (TPSA) is 83.0 Å². The number of rotatable bonds is 6. The van der Waals surface area contributed by atoms with Gasteiger partial charge in [-0.05, 0) is 49.2 Å². The Hall–Kier alpha value is -3.87. The lowest BCUT2D eigenvalue weighted by molar-refractivity contribution is 0.0943. The van der Waals surface area contributed by atoms with E-state index in [9.17, 15) is 9.59 Å². The second-order valence-corrected chi connectivity index (χ2v) is 8.19. The van der Waals surface area contributed by atoms with Gasteiger partial charge in [0.05, 0.1) is 17.1 Å². The van der Waals surface area contributed by atoms with E-state index in [-0.39, 0.29) is 17.6 Å². The monoisotopic (exact) mass is 429 g/mol. The molecule has 0 aliphatic heterocycles. The number of carbonyl (C=O) groups is 1. The van der Waals surface area contributed by atoms with Crippen LogP contribution in [0.2, 0.25) is 0 Å². The highest BCUT2D eigenvalue weighted by molar-refractivity contribution is 5.97. The Balaban J connectivity index is 1.66. The molecule has 0 saturated heterocycles. The summed E-state index contributed by atoms with van der Waals surface area (Å²) in [6.45, 7) is 4.22. The van der Waals surface area contributed by atoms with Gasteiger partial charge in [0.25, 0.3) is 5.91 Å². The number of aromatic amines is 1. The van der Waals surface area contributed by atoms with Gasteiger partial charge in [-0.1, -0.05) is 36.4 Å². The number of imidazole rings is 1. The summed E-state index contributed by atoms with van der Waals surface area (Å²) in [5.74, 6) is 0.647. The van der Waals surface area contributed by atoms with Crippen LogP contribution in [0.25, 0.3) is 11.0 Å². The molecule has 0 spiro atoms. The van der Waals surface area contributed by atoms with E-state index in [1.54, 1.807) is 25.2 Å². The zero-order chi connectivity index (χ0) is 22.8. The lowest BCUT2D eigenvalue weighted by atomic mass is 9.99. The molecule has 0 saturated carbocycles. The van der Waals surface area contributed by atoms with E-state index >= 15 is 0 Å². The van der Waals surface area contributed by atoms with Gasteiger partial charge in [-0.3, -0.25) is 9.36 Å². The summed E-state index contributed by atoms with van der Waals surface area (Å²) in [7, 11) is 3.70. The number of pyridine rings is 1. The Bertz CT molecular complexity index is 1290. The molecule has 2 aromatic heterocycles. The molecule has 7 heteroatoms. The van der Waals surface area contributed by atoms with Crippen LogP contribution < -0.4 is 15.9 Å². The number of benzene rings is 2. The number of nitrogens with zero attached hydrogens (tertiary/aromatic N) is 3. The third-order valence-corrected chi connectivity index (χ3v) is 5.81. The Labute approximate surface area is 186 Å². The number of H-pyrrole nitrogens is 1. The second-order valence-electron chi connectivity index (χ2n) is 8.19. The summed E-state index contributed by atoms with van der Waals surface area (Å²) in [4.78, 5) is 34.5.